The van der Waals surface area contributed by atoms with Crippen LogP contribution in [-0.2, 0) is 10.0 Å². The van der Waals surface area contributed by atoms with Gasteiger partial charge in [0, 0.05) is 18.8 Å². The van der Waals surface area contributed by atoms with Crippen LogP contribution in [0.15, 0.2) is 23.1 Å². The van der Waals surface area contributed by atoms with Crippen molar-refractivity contribution in [2.24, 2.45) is 5.14 Å². The van der Waals surface area contributed by atoms with Crippen LogP contribution < -0.4 is 15.8 Å². The van der Waals surface area contributed by atoms with Gasteiger partial charge in [-0.2, -0.15) is 0 Å². The zero-order valence-corrected chi connectivity index (χ0v) is 11.9. The van der Waals surface area contributed by atoms with Crippen molar-refractivity contribution in [3.05, 3.63) is 18.2 Å². The molecule has 0 heterocycles. The highest BCUT2D eigenvalue weighted by molar-refractivity contribution is 7.89. The summed E-state index contributed by atoms with van der Waals surface area (Å²) in [6, 6.07) is 5.01. The average molecular weight is 271 g/mol. The lowest BCUT2D eigenvalue weighted by Crippen LogP contribution is -2.30. The first kappa shape index (κ1) is 14.8. The zero-order valence-electron chi connectivity index (χ0n) is 11.1. The maximum absolute atomic E-state index is 11.6. The Hall–Kier alpha value is -1.27. The third kappa shape index (κ3) is 3.36. The number of anilines is 2. The number of primary sulfonamides is 1. The molecule has 0 aliphatic carbocycles. The van der Waals surface area contributed by atoms with Crippen LogP contribution in [0.3, 0.4) is 0 Å². The van der Waals surface area contributed by atoms with E-state index in [0.717, 1.165) is 12.8 Å². The van der Waals surface area contributed by atoms with E-state index in [1.165, 1.54) is 6.07 Å². The lowest BCUT2D eigenvalue weighted by atomic mass is 10.1. The Morgan fingerprint density at radius 1 is 1.39 bits per heavy atom. The van der Waals surface area contributed by atoms with E-state index in [9.17, 15) is 8.42 Å². The van der Waals surface area contributed by atoms with Crippen LogP contribution in [-0.4, -0.2) is 21.5 Å². The molecule has 1 rings (SSSR count). The number of benzene rings is 1. The molecule has 0 saturated heterocycles. The van der Waals surface area contributed by atoms with Crippen LogP contribution in [0.5, 0.6) is 0 Å². The Bertz CT molecular complexity index is 514. The summed E-state index contributed by atoms with van der Waals surface area (Å²) in [6.45, 7) is 4.14. The minimum atomic E-state index is -3.77. The minimum absolute atomic E-state index is 0.0768. The third-order valence-electron chi connectivity index (χ3n) is 3.04. The van der Waals surface area contributed by atoms with E-state index < -0.39 is 10.0 Å². The number of rotatable bonds is 5. The van der Waals surface area contributed by atoms with Crippen molar-refractivity contribution in [3.8, 4) is 0 Å². The summed E-state index contributed by atoms with van der Waals surface area (Å²) in [7, 11) is -1.91. The van der Waals surface area contributed by atoms with E-state index in [1.54, 1.807) is 12.1 Å². The van der Waals surface area contributed by atoms with Crippen molar-refractivity contribution < 1.29 is 8.42 Å². The van der Waals surface area contributed by atoms with Crippen molar-refractivity contribution in [3.63, 3.8) is 0 Å². The van der Waals surface area contributed by atoms with E-state index in [1.807, 2.05) is 18.9 Å². The number of nitrogens with two attached hydrogens (primary N) is 2. The summed E-state index contributed by atoms with van der Waals surface area (Å²) < 4.78 is 23.2. The lowest BCUT2D eigenvalue weighted by molar-refractivity contribution is 0.592. The van der Waals surface area contributed by atoms with E-state index in [2.05, 4.69) is 6.92 Å². The molecule has 0 radical (unpaired) electrons. The summed E-state index contributed by atoms with van der Waals surface area (Å²) in [5.41, 5.74) is 6.60. The molecule has 6 heteroatoms. The molecule has 4 N–H and O–H groups in total. The monoisotopic (exact) mass is 271 g/mol. The van der Waals surface area contributed by atoms with Crippen LogP contribution >= 0.6 is 0 Å². The summed E-state index contributed by atoms with van der Waals surface area (Å²) in [5.74, 6) is 0. The molecular weight excluding hydrogens is 250 g/mol. The first-order valence-corrected chi connectivity index (χ1v) is 7.47. The highest BCUT2D eigenvalue weighted by Gasteiger charge is 2.19. The second-order valence-corrected chi connectivity index (χ2v) is 6.05. The van der Waals surface area contributed by atoms with E-state index in [-0.39, 0.29) is 10.9 Å². The predicted octanol–water partition coefficient (Wildman–Crippen LogP) is 1.54. The van der Waals surface area contributed by atoms with E-state index >= 15 is 0 Å². The SMILES string of the molecule is CCCC(C)N(C)c1ccc(N)cc1S(N)(=O)=O. The molecule has 0 spiro atoms. The highest BCUT2D eigenvalue weighted by atomic mass is 32.2. The summed E-state index contributed by atoms with van der Waals surface area (Å²) in [4.78, 5) is 2.00. The van der Waals surface area contributed by atoms with Gasteiger partial charge in [0.25, 0.3) is 0 Å². The smallest absolute Gasteiger partial charge is 0.240 e. The molecule has 1 unspecified atom stereocenters. The maximum Gasteiger partial charge on any atom is 0.240 e. The molecule has 0 saturated carbocycles. The second kappa shape index (κ2) is 5.58. The Balaban J connectivity index is 3.24. The molecule has 1 atom stereocenters. The Morgan fingerprint density at radius 2 is 2.00 bits per heavy atom. The number of hydrogen-bond acceptors (Lipinski definition) is 4. The molecule has 0 aromatic heterocycles. The number of nitrogen functional groups attached to an aromatic ring is 1. The summed E-state index contributed by atoms with van der Waals surface area (Å²) in [6.07, 6.45) is 2.01. The molecule has 0 aliphatic heterocycles. The molecule has 0 bridgehead atoms. The summed E-state index contributed by atoms with van der Waals surface area (Å²) in [5, 5.41) is 5.23. The van der Waals surface area contributed by atoms with Crippen LogP contribution in [0.4, 0.5) is 11.4 Å². The van der Waals surface area contributed by atoms with Gasteiger partial charge in [0.15, 0.2) is 0 Å². The fourth-order valence-corrected chi connectivity index (χ4v) is 2.70. The summed E-state index contributed by atoms with van der Waals surface area (Å²) >= 11 is 0. The number of nitrogens with zero attached hydrogens (tertiary/aromatic N) is 1. The van der Waals surface area contributed by atoms with Gasteiger partial charge in [0.1, 0.15) is 4.90 Å². The molecular formula is C12H21N3O2S. The van der Waals surface area contributed by atoms with Gasteiger partial charge in [-0.15, -0.1) is 0 Å². The van der Waals surface area contributed by atoms with Crippen molar-refractivity contribution in [1.82, 2.24) is 0 Å². The zero-order chi connectivity index (χ0) is 13.9. The fourth-order valence-electron chi connectivity index (χ4n) is 1.90. The third-order valence-corrected chi connectivity index (χ3v) is 3.98. The first-order valence-electron chi connectivity index (χ1n) is 5.92. The molecule has 1 aromatic rings. The predicted molar refractivity (Wildman–Crippen MR) is 75.0 cm³/mol. The number of hydrogen-bond donors (Lipinski definition) is 2. The standard InChI is InChI=1S/C12H21N3O2S/c1-4-5-9(2)15(3)11-7-6-10(13)8-12(11)18(14,16)17/h6-9H,4-5,13H2,1-3H3,(H2,14,16,17). The largest absolute Gasteiger partial charge is 0.399 e. The van der Waals surface area contributed by atoms with Gasteiger partial charge in [0.2, 0.25) is 10.0 Å². The van der Waals surface area contributed by atoms with E-state index in [4.69, 9.17) is 10.9 Å². The van der Waals surface area contributed by atoms with Gasteiger partial charge in [-0.1, -0.05) is 13.3 Å². The Morgan fingerprint density at radius 3 is 2.50 bits per heavy atom. The number of sulfonamides is 1. The Labute approximate surface area is 109 Å². The van der Waals surface area contributed by atoms with Crippen molar-refractivity contribution in [2.45, 2.75) is 37.6 Å². The highest BCUT2D eigenvalue weighted by Crippen LogP contribution is 2.27. The van der Waals surface area contributed by atoms with Gasteiger partial charge in [-0.05, 0) is 31.5 Å². The molecule has 18 heavy (non-hydrogen) atoms. The molecule has 5 nitrogen and oxygen atoms in total. The maximum atomic E-state index is 11.6. The topological polar surface area (TPSA) is 89.4 Å². The van der Waals surface area contributed by atoms with Gasteiger partial charge in [-0.25, -0.2) is 13.6 Å². The van der Waals surface area contributed by atoms with Crippen LogP contribution in [0.1, 0.15) is 26.7 Å². The fraction of sp³-hybridized carbons (Fsp3) is 0.500. The molecule has 1 aromatic carbocycles. The first-order chi connectivity index (χ1) is 8.27. The second-order valence-electron chi connectivity index (χ2n) is 4.52. The Kier molecular flexibility index (Phi) is 4.59. The van der Waals surface area contributed by atoms with Gasteiger partial charge in [-0.3, -0.25) is 0 Å². The van der Waals surface area contributed by atoms with Gasteiger partial charge in [0.05, 0.1) is 5.69 Å². The molecule has 0 fully saturated rings. The van der Waals surface area contributed by atoms with Crippen molar-refractivity contribution in [1.29, 1.82) is 0 Å². The van der Waals surface area contributed by atoms with E-state index in [0.29, 0.717) is 11.4 Å². The molecule has 0 aliphatic rings. The lowest BCUT2D eigenvalue weighted by Gasteiger charge is -2.28. The van der Waals surface area contributed by atoms with Crippen molar-refractivity contribution in [2.75, 3.05) is 17.7 Å². The normalized spacial score (nSPS) is 13.3. The molecule has 102 valence electrons. The van der Waals surface area contributed by atoms with Crippen LogP contribution in [0.25, 0.3) is 0 Å². The average Bonchev–Trinajstić information content (AvgIpc) is 2.27. The van der Waals surface area contributed by atoms with Crippen LogP contribution in [0, 0.1) is 0 Å². The van der Waals surface area contributed by atoms with Gasteiger partial charge >= 0.3 is 0 Å². The van der Waals surface area contributed by atoms with Crippen LogP contribution in [0.2, 0.25) is 0 Å². The molecule has 0 amide bonds. The van der Waals surface area contributed by atoms with Crippen molar-refractivity contribution >= 4 is 21.4 Å². The van der Waals surface area contributed by atoms with Gasteiger partial charge < -0.3 is 10.6 Å². The minimum Gasteiger partial charge on any atom is -0.399 e. The quantitative estimate of drug-likeness (QED) is 0.795.